The largest absolute Gasteiger partial charge is 0.398 e. The normalized spacial score (nSPS) is 12.8. The third-order valence-electron chi connectivity index (χ3n) is 3.26. The van der Waals surface area contributed by atoms with E-state index in [2.05, 4.69) is 0 Å². The van der Waals surface area contributed by atoms with E-state index in [-0.39, 0.29) is 33.9 Å². The summed E-state index contributed by atoms with van der Waals surface area (Å²) in [5.41, 5.74) is 7.34. The molecule has 0 saturated heterocycles. The molecule has 0 radical (unpaired) electrons. The van der Waals surface area contributed by atoms with Crippen LogP contribution in [-0.2, 0) is 0 Å². The number of ketones is 2. The third-order valence-corrected chi connectivity index (χ3v) is 3.26. The predicted octanol–water partition coefficient (Wildman–Crippen LogP) is 1.86. The number of rotatable bonds is 1. The molecule has 0 saturated carbocycles. The Kier molecular flexibility index (Phi) is 2.32. The highest BCUT2D eigenvalue weighted by Gasteiger charge is 2.30. The number of hydrogen-bond donors (Lipinski definition) is 1. The van der Waals surface area contributed by atoms with Gasteiger partial charge in [-0.15, -0.1) is 0 Å². The smallest absolute Gasteiger partial charge is 0.194 e. The van der Waals surface area contributed by atoms with Crippen LogP contribution in [0.4, 0.5) is 5.69 Å². The molecular weight excluding hydrogens is 242 g/mol. The minimum absolute atomic E-state index is 0.203. The van der Waals surface area contributed by atoms with E-state index in [1.165, 1.54) is 12.1 Å². The number of fused-ring (bicyclic) bond motifs is 2. The molecule has 1 aliphatic rings. The second-order valence-electron chi connectivity index (χ2n) is 4.35. The van der Waals surface area contributed by atoms with Crippen molar-refractivity contribution in [2.24, 2.45) is 0 Å². The van der Waals surface area contributed by atoms with E-state index in [0.717, 1.165) is 0 Å². The molecule has 19 heavy (non-hydrogen) atoms. The van der Waals surface area contributed by atoms with E-state index in [9.17, 15) is 14.4 Å². The first-order valence-electron chi connectivity index (χ1n) is 5.70. The summed E-state index contributed by atoms with van der Waals surface area (Å²) >= 11 is 0. The van der Waals surface area contributed by atoms with Gasteiger partial charge in [0.1, 0.15) is 0 Å². The zero-order chi connectivity index (χ0) is 13.6. The van der Waals surface area contributed by atoms with Gasteiger partial charge in [0.05, 0.1) is 0 Å². The van der Waals surface area contributed by atoms with Gasteiger partial charge in [-0.2, -0.15) is 0 Å². The van der Waals surface area contributed by atoms with Crippen LogP contribution in [-0.4, -0.2) is 17.9 Å². The lowest BCUT2D eigenvalue weighted by molar-refractivity contribution is 0.0979. The Hall–Kier alpha value is -2.75. The van der Waals surface area contributed by atoms with Crippen molar-refractivity contribution < 1.29 is 14.4 Å². The van der Waals surface area contributed by atoms with Crippen molar-refractivity contribution in [1.82, 2.24) is 0 Å². The molecule has 0 atom stereocenters. The van der Waals surface area contributed by atoms with Crippen LogP contribution in [0.15, 0.2) is 36.4 Å². The Morgan fingerprint density at radius 2 is 1.37 bits per heavy atom. The van der Waals surface area contributed by atoms with Gasteiger partial charge >= 0.3 is 0 Å². The SMILES string of the molecule is Nc1cc2c(cc1C=O)C(=O)c1ccccc1C2=O. The topological polar surface area (TPSA) is 77.2 Å². The van der Waals surface area contributed by atoms with E-state index in [1.807, 2.05) is 0 Å². The molecule has 0 unspecified atom stereocenters. The van der Waals surface area contributed by atoms with Gasteiger partial charge in [-0.1, -0.05) is 24.3 Å². The van der Waals surface area contributed by atoms with Gasteiger partial charge < -0.3 is 5.73 Å². The molecule has 0 amide bonds. The van der Waals surface area contributed by atoms with Crippen molar-refractivity contribution in [1.29, 1.82) is 0 Å². The summed E-state index contributed by atoms with van der Waals surface area (Å²) in [5.74, 6) is -0.498. The number of carbonyl (C=O) groups is 3. The molecule has 0 fully saturated rings. The number of aldehydes is 1. The van der Waals surface area contributed by atoms with Crippen LogP contribution in [0.3, 0.4) is 0 Å². The maximum Gasteiger partial charge on any atom is 0.194 e. The van der Waals surface area contributed by atoms with Crippen molar-refractivity contribution in [3.8, 4) is 0 Å². The summed E-state index contributed by atoms with van der Waals surface area (Å²) in [6.45, 7) is 0. The molecule has 0 spiro atoms. The Morgan fingerprint density at radius 3 is 1.89 bits per heavy atom. The summed E-state index contributed by atoms with van der Waals surface area (Å²) < 4.78 is 0. The zero-order valence-corrected chi connectivity index (χ0v) is 9.84. The Balaban J connectivity index is 2.33. The van der Waals surface area contributed by atoms with E-state index < -0.39 is 0 Å². The van der Waals surface area contributed by atoms with Gasteiger partial charge in [-0.05, 0) is 12.1 Å². The quantitative estimate of drug-likeness (QED) is 0.529. The van der Waals surface area contributed by atoms with Crippen molar-refractivity contribution in [2.45, 2.75) is 0 Å². The standard InChI is InChI=1S/C15H9NO3/c16-13-6-12-11(5-8(13)7-17)14(18)9-3-1-2-4-10(9)15(12)19/h1-7H,16H2. The minimum Gasteiger partial charge on any atom is -0.398 e. The Morgan fingerprint density at radius 1 is 0.842 bits per heavy atom. The summed E-state index contributed by atoms with van der Waals surface area (Å²) in [6.07, 6.45) is 0.577. The number of nitrogens with two attached hydrogens (primary N) is 1. The molecular formula is C15H9NO3. The van der Waals surface area contributed by atoms with Crippen LogP contribution in [0, 0.1) is 0 Å². The average Bonchev–Trinajstić information content (AvgIpc) is 2.44. The van der Waals surface area contributed by atoms with Crippen molar-refractivity contribution in [3.63, 3.8) is 0 Å². The van der Waals surface area contributed by atoms with E-state index >= 15 is 0 Å². The van der Waals surface area contributed by atoms with Crippen LogP contribution >= 0.6 is 0 Å². The Labute approximate surface area is 108 Å². The highest BCUT2D eigenvalue weighted by Crippen LogP contribution is 2.29. The molecule has 0 aromatic heterocycles. The molecule has 1 aliphatic carbocycles. The molecule has 0 aliphatic heterocycles. The summed E-state index contributed by atoms with van der Waals surface area (Å²) in [7, 11) is 0. The van der Waals surface area contributed by atoms with Crippen molar-refractivity contribution >= 4 is 23.5 Å². The maximum atomic E-state index is 12.3. The van der Waals surface area contributed by atoms with Gasteiger partial charge in [-0.3, -0.25) is 14.4 Å². The predicted molar refractivity (Wildman–Crippen MR) is 69.5 cm³/mol. The molecule has 2 aromatic rings. The zero-order valence-electron chi connectivity index (χ0n) is 9.84. The number of carbonyl (C=O) groups excluding carboxylic acids is 3. The molecule has 92 valence electrons. The second-order valence-corrected chi connectivity index (χ2v) is 4.35. The van der Waals surface area contributed by atoms with Crippen LogP contribution < -0.4 is 5.73 Å². The molecule has 2 aromatic carbocycles. The van der Waals surface area contributed by atoms with Gasteiger partial charge in [0.15, 0.2) is 17.9 Å². The maximum absolute atomic E-state index is 12.3. The number of nitrogen functional groups attached to an aromatic ring is 1. The molecule has 4 heteroatoms. The van der Waals surface area contributed by atoms with E-state index in [1.54, 1.807) is 24.3 Å². The Bertz CT molecular complexity index is 747. The second kappa shape index (κ2) is 3.88. The lowest BCUT2D eigenvalue weighted by Crippen LogP contribution is -2.21. The van der Waals surface area contributed by atoms with E-state index in [4.69, 9.17) is 5.73 Å². The molecule has 4 nitrogen and oxygen atoms in total. The number of hydrogen-bond acceptors (Lipinski definition) is 4. The minimum atomic E-state index is -0.256. The monoisotopic (exact) mass is 251 g/mol. The fraction of sp³-hybridized carbons (Fsp3) is 0. The molecule has 2 N–H and O–H groups in total. The van der Waals surface area contributed by atoms with Gasteiger partial charge in [0, 0.05) is 33.5 Å². The summed E-state index contributed by atoms with van der Waals surface area (Å²) in [6, 6.07) is 9.41. The van der Waals surface area contributed by atoms with Crippen LogP contribution in [0.25, 0.3) is 0 Å². The fourth-order valence-corrected chi connectivity index (χ4v) is 2.28. The molecule has 0 bridgehead atoms. The van der Waals surface area contributed by atoms with Gasteiger partial charge in [0.25, 0.3) is 0 Å². The first-order chi connectivity index (χ1) is 9.13. The number of anilines is 1. The first-order valence-corrected chi connectivity index (χ1v) is 5.70. The molecule has 0 heterocycles. The highest BCUT2D eigenvalue weighted by atomic mass is 16.1. The van der Waals surface area contributed by atoms with Crippen molar-refractivity contribution in [2.75, 3.05) is 5.73 Å². The van der Waals surface area contributed by atoms with Gasteiger partial charge in [0.2, 0.25) is 0 Å². The third kappa shape index (κ3) is 1.50. The van der Waals surface area contributed by atoms with Gasteiger partial charge in [-0.25, -0.2) is 0 Å². The van der Waals surface area contributed by atoms with Crippen LogP contribution in [0.5, 0.6) is 0 Å². The lowest BCUT2D eigenvalue weighted by Gasteiger charge is -2.18. The highest BCUT2D eigenvalue weighted by molar-refractivity contribution is 6.29. The van der Waals surface area contributed by atoms with Crippen molar-refractivity contribution in [3.05, 3.63) is 64.2 Å². The fourth-order valence-electron chi connectivity index (χ4n) is 2.28. The van der Waals surface area contributed by atoms with Crippen LogP contribution in [0.2, 0.25) is 0 Å². The van der Waals surface area contributed by atoms with E-state index in [0.29, 0.717) is 17.4 Å². The van der Waals surface area contributed by atoms with Crippen LogP contribution in [0.1, 0.15) is 42.2 Å². The number of benzene rings is 2. The molecule has 3 rings (SSSR count). The first kappa shape index (κ1) is 11.3. The summed E-state index contributed by atoms with van der Waals surface area (Å²) in [5, 5.41) is 0. The summed E-state index contributed by atoms with van der Waals surface area (Å²) in [4.78, 5) is 35.5. The average molecular weight is 251 g/mol. The lowest BCUT2D eigenvalue weighted by atomic mass is 9.83.